The average molecular weight is 267 g/mol. The van der Waals surface area contributed by atoms with Gasteiger partial charge in [-0.1, -0.05) is 18.2 Å². The molecule has 0 spiro atoms. The van der Waals surface area contributed by atoms with Gasteiger partial charge in [-0.3, -0.25) is 0 Å². The Kier molecular flexibility index (Phi) is 3.39. The van der Waals surface area contributed by atoms with Crippen LogP contribution < -0.4 is 10.5 Å². The van der Waals surface area contributed by atoms with E-state index in [4.69, 9.17) is 10.5 Å². The van der Waals surface area contributed by atoms with E-state index in [1.807, 2.05) is 25.1 Å². The fraction of sp³-hybridized carbons (Fsp3) is 0.188. The summed E-state index contributed by atoms with van der Waals surface area (Å²) in [6.07, 6.45) is 0. The zero-order valence-corrected chi connectivity index (χ0v) is 11.4. The summed E-state index contributed by atoms with van der Waals surface area (Å²) in [6.45, 7) is 3.09. The molecule has 0 aliphatic rings. The molecule has 0 atom stereocenters. The molecule has 0 radical (unpaired) electrons. The Labute approximate surface area is 117 Å². The second-order valence-corrected chi connectivity index (χ2v) is 4.58. The van der Waals surface area contributed by atoms with Gasteiger partial charge in [0.2, 0.25) is 0 Å². The maximum atomic E-state index is 5.60. The third-order valence-corrected chi connectivity index (χ3v) is 3.22. The molecule has 0 aliphatic heterocycles. The smallest absolute Gasteiger partial charge is 0.121 e. The maximum absolute atomic E-state index is 5.60. The van der Waals surface area contributed by atoms with Crippen molar-refractivity contribution < 1.29 is 4.74 Å². The summed E-state index contributed by atoms with van der Waals surface area (Å²) in [4.78, 5) is 7.65. The number of nitrogens with zero attached hydrogens (tertiary/aromatic N) is 1. The van der Waals surface area contributed by atoms with E-state index >= 15 is 0 Å². The summed E-state index contributed by atoms with van der Waals surface area (Å²) in [7, 11) is 0. The predicted molar refractivity (Wildman–Crippen MR) is 80.6 cm³/mol. The van der Waals surface area contributed by atoms with Gasteiger partial charge in [0, 0.05) is 0 Å². The zero-order chi connectivity index (χ0) is 13.9. The van der Waals surface area contributed by atoms with Crippen molar-refractivity contribution in [2.24, 2.45) is 5.73 Å². The van der Waals surface area contributed by atoms with Crippen LogP contribution in [0.3, 0.4) is 0 Å². The quantitative estimate of drug-likeness (QED) is 0.763. The van der Waals surface area contributed by atoms with Gasteiger partial charge in [0.25, 0.3) is 0 Å². The van der Waals surface area contributed by atoms with Crippen molar-refractivity contribution in [1.29, 1.82) is 0 Å². The normalized spacial score (nSPS) is 10.9. The molecule has 3 N–H and O–H groups in total. The minimum atomic E-state index is 0.424. The van der Waals surface area contributed by atoms with Crippen molar-refractivity contribution in [2.45, 2.75) is 13.5 Å². The average Bonchev–Trinajstić information content (AvgIpc) is 2.90. The van der Waals surface area contributed by atoms with Crippen molar-refractivity contribution in [1.82, 2.24) is 9.97 Å². The van der Waals surface area contributed by atoms with Crippen LogP contribution in [0.2, 0.25) is 0 Å². The lowest BCUT2D eigenvalue weighted by atomic mass is 10.1. The topological polar surface area (TPSA) is 63.9 Å². The molecule has 20 heavy (non-hydrogen) atoms. The molecule has 1 aromatic heterocycles. The van der Waals surface area contributed by atoms with E-state index < -0.39 is 0 Å². The number of aromatic nitrogens is 2. The number of aromatic amines is 1. The predicted octanol–water partition coefficient (Wildman–Crippen LogP) is 3.09. The van der Waals surface area contributed by atoms with Crippen LogP contribution in [0.1, 0.15) is 12.7 Å². The third-order valence-electron chi connectivity index (χ3n) is 3.22. The van der Waals surface area contributed by atoms with Crippen LogP contribution in [-0.2, 0) is 6.54 Å². The van der Waals surface area contributed by atoms with Gasteiger partial charge in [-0.25, -0.2) is 4.98 Å². The number of rotatable bonds is 4. The second-order valence-electron chi connectivity index (χ2n) is 4.58. The number of imidazole rings is 1. The van der Waals surface area contributed by atoms with E-state index in [0.29, 0.717) is 13.2 Å². The van der Waals surface area contributed by atoms with Crippen LogP contribution in [0.4, 0.5) is 0 Å². The van der Waals surface area contributed by atoms with Gasteiger partial charge < -0.3 is 15.5 Å². The van der Waals surface area contributed by atoms with E-state index in [1.165, 1.54) is 0 Å². The lowest BCUT2D eigenvalue weighted by molar-refractivity contribution is 0.340. The number of nitrogens with two attached hydrogens (primary N) is 1. The van der Waals surface area contributed by atoms with E-state index in [0.717, 1.165) is 33.7 Å². The van der Waals surface area contributed by atoms with Gasteiger partial charge in [-0.2, -0.15) is 0 Å². The largest absolute Gasteiger partial charge is 0.494 e. The van der Waals surface area contributed by atoms with Gasteiger partial charge in [-0.15, -0.1) is 0 Å². The van der Waals surface area contributed by atoms with Crippen molar-refractivity contribution in [3.63, 3.8) is 0 Å². The van der Waals surface area contributed by atoms with E-state index in [1.54, 1.807) is 0 Å². The molecule has 3 rings (SSSR count). The van der Waals surface area contributed by atoms with Crippen molar-refractivity contribution in [2.75, 3.05) is 6.61 Å². The van der Waals surface area contributed by atoms with Crippen LogP contribution in [0.25, 0.3) is 22.2 Å². The number of benzene rings is 2. The number of ether oxygens (including phenoxy) is 1. The first-order chi connectivity index (χ1) is 9.80. The summed E-state index contributed by atoms with van der Waals surface area (Å²) >= 11 is 0. The molecule has 3 aromatic rings. The zero-order valence-electron chi connectivity index (χ0n) is 11.4. The molecule has 0 unspecified atom stereocenters. The third kappa shape index (κ3) is 2.38. The molecule has 2 aromatic carbocycles. The first-order valence-corrected chi connectivity index (χ1v) is 6.72. The van der Waals surface area contributed by atoms with Crippen LogP contribution in [0, 0.1) is 0 Å². The Hall–Kier alpha value is -2.33. The summed E-state index contributed by atoms with van der Waals surface area (Å²) in [5.41, 5.74) is 9.84. The molecule has 0 fully saturated rings. The molecule has 4 nitrogen and oxygen atoms in total. The van der Waals surface area contributed by atoms with Gasteiger partial charge in [-0.05, 0) is 42.3 Å². The lowest BCUT2D eigenvalue weighted by Crippen LogP contribution is -1.97. The molecule has 1 heterocycles. The minimum absolute atomic E-state index is 0.424. The second kappa shape index (κ2) is 5.35. The fourth-order valence-electron chi connectivity index (χ4n) is 2.25. The molecule has 0 aliphatic carbocycles. The maximum Gasteiger partial charge on any atom is 0.121 e. The number of hydrogen-bond donors (Lipinski definition) is 2. The highest BCUT2D eigenvalue weighted by molar-refractivity contribution is 5.82. The van der Waals surface area contributed by atoms with Crippen LogP contribution in [0.5, 0.6) is 5.75 Å². The fourth-order valence-corrected chi connectivity index (χ4v) is 2.25. The number of nitrogens with one attached hydrogen (secondary N) is 1. The monoisotopic (exact) mass is 267 g/mol. The summed E-state index contributed by atoms with van der Waals surface area (Å²) in [6, 6.07) is 14.3. The molecule has 4 heteroatoms. The Morgan fingerprint density at radius 3 is 2.55 bits per heavy atom. The van der Waals surface area contributed by atoms with Crippen LogP contribution in [-0.4, -0.2) is 16.6 Å². The van der Waals surface area contributed by atoms with Crippen LogP contribution in [0.15, 0.2) is 42.5 Å². The molecular weight excluding hydrogens is 250 g/mol. The van der Waals surface area contributed by atoms with Crippen molar-refractivity contribution >= 4 is 11.0 Å². The van der Waals surface area contributed by atoms with E-state index in [-0.39, 0.29) is 0 Å². The van der Waals surface area contributed by atoms with Gasteiger partial charge >= 0.3 is 0 Å². The molecule has 0 amide bonds. The highest BCUT2D eigenvalue weighted by Gasteiger charge is 2.04. The van der Waals surface area contributed by atoms with E-state index in [2.05, 4.69) is 34.2 Å². The van der Waals surface area contributed by atoms with Crippen molar-refractivity contribution in [3.8, 4) is 16.9 Å². The Bertz CT molecular complexity index is 716. The highest BCUT2D eigenvalue weighted by Crippen LogP contribution is 2.25. The van der Waals surface area contributed by atoms with Gasteiger partial charge in [0.1, 0.15) is 11.6 Å². The molecule has 0 bridgehead atoms. The van der Waals surface area contributed by atoms with Crippen LogP contribution >= 0.6 is 0 Å². The van der Waals surface area contributed by atoms with Crippen molar-refractivity contribution in [3.05, 3.63) is 48.3 Å². The van der Waals surface area contributed by atoms with E-state index in [9.17, 15) is 0 Å². The standard InChI is InChI=1S/C16H17N3O/c1-2-20-13-6-3-11(4-7-13)12-5-8-14-15(9-12)19-16(10-17)18-14/h3-9H,2,10,17H2,1H3,(H,18,19). The Morgan fingerprint density at radius 1 is 1.10 bits per heavy atom. The highest BCUT2D eigenvalue weighted by atomic mass is 16.5. The molecule has 0 saturated carbocycles. The number of hydrogen-bond acceptors (Lipinski definition) is 3. The lowest BCUT2D eigenvalue weighted by Gasteiger charge is -2.05. The Balaban J connectivity index is 1.96. The molecule has 0 saturated heterocycles. The number of H-pyrrole nitrogens is 1. The van der Waals surface area contributed by atoms with Gasteiger partial charge in [0.15, 0.2) is 0 Å². The first-order valence-electron chi connectivity index (χ1n) is 6.72. The minimum Gasteiger partial charge on any atom is -0.494 e. The SMILES string of the molecule is CCOc1ccc(-c2ccc3[nH]c(CN)nc3c2)cc1. The van der Waals surface area contributed by atoms with Gasteiger partial charge in [0.05, 0.1) is 24.2 Å². The number of fused-ring (bicyclic) bond motifs is 1. The molecular formula is C16H17N3O. The summed E-state index contributed by atoms with van der Waals surface area (Å²) in [5, 5.41) is 0. The summed E-state index contributed by atoms with van der Waals surface area (Å²) in [5.74, 6) is 1.70. The first kappa shape index (κ1) is 12.7. The summed E-state index contributed by atoms with van der Waals surface area (Å²) < 4.78 is 5.45. The molecule has 102 valence electrons. The Morgan fingerprint density at radius 2 is 1.85 bits per heavy atom.